The monoisotopic (exact) mass is 232 g/mol. The van der Waals surface area contributed by atoms with Crippen LogP contribution in [0.15, 0.2) is 24.3 Å². The molecule has 0 N–H and O–H groups in total. The number of benzene rings is 1. The predicted octanol–water partition coefficient (Wildman–Crippen LogP) is 3.15. The molecular formula is C10H13ClO2S. The van der Waals surface area contributed by atoms with E-state index in [0.717, 1.165) is 10.6 Å². The summed E-state index contributed by atoms with van der Waals surface area (Å²) in [7, 11) is 0. The van der Waals surface area contributed by atoms with E-state index in [1.54, 1.807) is 0 Å². The molecule has 14 heavy (non-hydrogen) atoms. The SMILES string of the molecule is CSOCCOCc1ccc(Cl)cc1. The summed E-state index contributed by atoms with van der Waals surface area (Å²) >= 11 is 7.10. The van der Waals surface area contributed by atoms with Crippen molar-refractivity contribution in [2.24, 2.45) is 0 Å². The first-order valence-corrected chi connectivity index (χ1v) is 5.83. The highest BCUT2D eigenvalue weighted by atomic mass is 35.5. The van der Waals surface area contributed by atoms with Crippen LogP contribution in [0, 0.1) is 0 Å². The zero-order valence-electron chi connectivity index (χ0n) is 8.03. The van der Waals surface area contributed by atoms with Crippen LogP contribution in [0.3, 0.4) is 0 Å². The number of ether oxygens (including phenoxy) is 1. The fraction of sp³-hybridized carbons (Fsp3) is 0.400. The normalized spacial score (nSPS) is 10.4. The summed E-state index contributed by atoms with van der Waals surface area (Å²) < 4.78 is 10.4. The van der Waals surface area contributed by atoms with Gasteiger partial charge in [-0.25, -0.2) is 0 Å². The molecule has 0 aliphatic rings. The summed E-state index contributed by atoms with van der Waals surface area (Å²) in [5.74, 6) is 0. The maximum Gasteiger partial charge on any atom is 0.0847 e. The number of hydrogen-bond acceptors (Lipinski definition) is 3. The molecule has 2 nitrogen and oxygen atoms in total. The van der Waals surface area contributed by atoms with Crippen LogP contribution < -0.4 is 0 Å². The molecule has 0 aromatic heterocycles. The molecule has 4 heteroatoms. The molecule has 1 aromatic carbocycles. The number of halogens is 1. The van der Waals surface area contributed by atoms with Gasteiger partial charge in [0.2, 0.25) is 0 Å². The van der Waals surface area contributed by atoms with Gasteiger partial charge in [-0.1, -0.05) is 23.7 Å². The largest absolute Gasteiger partial charge is 0.374 e. The van der Waals surface area contributed by atoms with Crippen LogP contribution in [0.5, 0.6) is 0 Å². The molecule has 0 fully saturated rings. The standard InChI is InChI=1S/C10H13ClO2S/c1-14-13-7-6-12-8-9-2-4-10(11)5-3-9/h2-5H,6-8H2,1H3. The van der Waals surface area contributed by atoms with Crippen LogP contribution in [0.1, 0.15) is 5.56 Å². The lowest BCUT2D eigenvalue weighted by molar-refractivity contribution is 0.0952. The minimum Gasteiger partial charge on any atom is -0.374 e. The van der Waals surface area contributed by atoms with Gasteiger partial charge in [-0.15, -0.1) is 0 Å². The van der Waals surface area contributed by atoms with Crippen molar-refractivity contribution in [3.8, 4) is 0 Å². The lowest BCUT2D eigenvalue weighted by Crippen LogP contribution is -2.00. The second kappa shape index (κ2) is 7.12. The third-order valence-corrected chi connectivity index (χ3v) is 2.27. The molecular weight excluding hydrogens is 220 g/mol. The Balaban J connectivity index is 2.15. The van der Waals surface area contributed by atoms with Crippen molar-refractivity contribution in [3.05, 3.63) is 34.9 Å². The summed E-state index contributed by atoms with van der Waals surface area (Å²) in [6.45, 7) is 1.84. The van der Waals surface area contributed by atoms with Gasteiger partial charge in [-0.3, -0.25) is 0 Å². The van der Waals surface area contributed by atoms with Gasteiger partial charge in [0.25, 0.3) is 0 Å². The molecule has 78 valence electrons. The smallest absolute Gasteiger partial charge is 0.0847 e. The van der Waals surface area contributed by atoms with Gasteiger partial charge in [0, 0.05) is 11.3 Å². The van der Waals surface area contributed by atoms with Crippen LogP contribution in [-0.2, 0) is 15.5 Å². The summed E-state index contributed by atoms with van der Waals surface area (Å²) in [5.41, 5.74) is 1.12. The quantitative estimate of drug-likeness (QED) is 0.555. The minimum atomic E-state index is 0.606. The highest BCUT2D eigenvalue weighted by Gasteiger charge is 1.93. The maximum atomic E-state index is 5.75. The van der Waals surface area contributed by atoms with E-state index in [1.165, 1.54) is 12.0 Å². The van der Waals surface area contributed by atoms with E-state index >= 15 is 0 Å². The van der Waals surface area contributed by atoms with Crippen molar-refractivity contribution in [3.63, 3.8) is 0 Å². The van der Waals surface area contributed by atoms with Crippen molar-refractivity contribution in [1.29, 1.82) is 0 Å². The van der Waals surface area contributed by atoms with E-state index in [4.69, 9.17) is 20.5 Å². The van der Waals surface area contributed by atoms with E-state index in [9.17, 15) is 0 Å². The first kappa shape index (κ1) is 11.9. The van der Waals surface area contributed by atoms with Crippen LogP contribution in [0.25, 0.3) is 0 Å². The molecule has 0 amide bonds. The van der Waals surface area contributed by atoms with Gasteiger partial charge in [0.15, 0.2) is 0 Å². The summed E-state index contributed by atoms with van der Waals surface area (Å²) in [5, 5.41) is 0.750. The number of hydrogen-bond donors (Lipinski definition) is 0. The molecule has 0 aliphatic heterocycles. The molecule has 0 bridgehead atoms. The topological polar surface area (TPSA) is 18.5 Å². The van der Waals surface area contributed by atoms with Crippen LogP contribution >= 0.6 is 23.6 Å². The Kier molecular flexibility index (Phi) is 6.03. The molecule has 1 rings (SSSR count). The molecule has 0 atom stereocenters. The first-order valence-electron chi connectivity index (χ1n) is 4.30. The Morgan fingerprint density at radius 3 is 2.57 bits per heavy atom. The van der Waals surface area contributed by atoms with E-state index in [1.807, 2.05) is 30.5 Å². The fourth-order valence-corrected chi connectivity index (χ4v) is 1.31. The van der Waals surface area contributed by atoms with Gasteiger partial charge < -0.3 is 8.92 Å². The Hall–Kier alpha value is -0.220. The Morgan fingerprint density at radius 1 is 1.21 bits per heavy atom. The third kappa shape index (κ3) is 4.86. The van der Waals surface area contributed by atoms with Gasteiger partial charge >= 0.3 is 0 Å². The van der Waals surface area contributed by atoms with Crippen LogP contribution in [0.4, 0.5) is 0 Å². The van der Waals surface area contributed by atoms with Crippen LogP contribution in [0.2, 0.25) is 5.02 Å². The van der Waals surface area contributed by atoms with Crippen LogP contribution in [-0.4, -0.2) is 19.5 Å². The van der Waals surface area contributed by atoms with E-state index < -0.39 is 0 Å². The van der Waals surface area contributed by atoms with Gasteiger partial charge in [-0.05, 0) is 29.7 Å². The van der Waals surface area contributed by atoms with E-state index in [0.29, 0.717) is 19.8 Å². The average Bonchev–Trinajstić information content (AvgIpc) is 2.21. The zero-order chi connectivity index (χ0) is 10.2. The molecule has 1 aromatic rings. The molecule has 0 radical (unpaired) electrons. The Bertz CT molecular complexity index is 251. The third-order valence-electron chi connectivity index (χ3n) is 1.61. The first-order chi connectivity index (χ1) is 6.83. The van der Waals surface area contributed by atoms with Crippen molar-refractivity contribution in [1.82, 2.24) is 0 Å². The molecule has 0 aliphatic carbocycles. The summed E-state index contributed by atoms with van der Waals surface area (Å²) in [6, 6.07) is 7.63. The van der Waals surface area contributed by atoms with Crippen molar-refractivity contribution >= 4 is 23.6 Å². The highest BCUT2D eigenvalue weighted by molar-refractivity contribution is 7.93. The molecule has 0 saturated heterocycles. The molecule has 0 unspecified atom stereocenters. The van der Waals surface area contributed by atoms with E-state index in [-0.39, 0.29) is 0 Å². The lowest BCUT2D eigenvalue weighted by atomic mass is 10.2. The minimum absolute atomic E-state index is 0.606. The fourth-order valence-electron chi connectivity index (χ4n) is 0.947. The molecule has 0 saturated carbocycles. The van der Waals surface area contributed by atoms with Gasteiger partial charge in [-0.2, -0.15) is 0 Å². The van der Waals surface area contributed by atoms with Crippen molar-refractivity contribution in [2.45, 2.75) is 6.61 Å². The molecule has 0 heterocycles. The van der Waals surface area contributed by atoms with Crippen molar-refractivity contribution in [2.75, 3.05) is 19.5 Å². The maximum absolute atomic E-state index is 5.75. The highest BCUT2D eigenvalue weighted by Crippen LogP contribution is 2.10. The lowest BCUT2D eigenvalue weighted by Gasteiger charge is -2.03. The summed E-state index contributed by atoms with van der Waals surface area (Å²) in [6.07, 6.45) is 1.89. The van der Waals surface area contributed by atoms with Crippen molar-refractivity contribution < 1.29 is 8.92 Å². The Labute approximate surface area is 93.8 Å². The van der Waals surface area contributed by atoms with Gasteiger partial charge in [0.1, 0.15) is 0 Å². The summed E-state index contributed by atoms with van der Waals surface area (Å²) in [4.78, 5) is 0. The van der Waals surface area contributed by atoms with Gasteiger partial charge in [0.05, 0.1) is 19.8 Å². The predicted molar refractivity (Wildman–Crippen MR) is 60.6 cm³/mol. The average molecular weight is 233 g/mol. The van der Waals surface area contributed by atoms with E-state index in [2.05, 4.69) is 0 Å². The molecule has 0 spiro atoms. The zero-order valence-corrected chi connectivity index (χ0v) is 9.61. The second-order valence-corrected chi connectivity index (χ2v) is 3.67. The number of rotatable bonds is 6. The second-order valence-electron chi connectivity index (χ2n) is 2.67. The Morgan fingerprint density at radius 2 is 1.93 bits per heavy atom.